The minimum absolute atomic E-state index is 0.655. The Morgan fingerprint density at radius 2 is 1.73 bits per heavy atom. The van der Waals surface area contributed by atoms with E-state index < -0.39 is 0 Å². The highest BCUT2D eigenvalue weighted by Gasteiger charge is 2.13. The summed E-state index contributed by atoms with van der Waals surface area (Å²) in [6.45, 7) is 14.6. The Morgan fingerprint density at radius 1 is 1.13 bits per heavy atom. The normalized spacial score (nSPS) is 14.2. The molecular weight excluding hydrogens is 184 g/mol. The van der Waals surface area contributed by atoms with Crippen LogP contribution in [0.1, 0.15) is 47.5 Å². The Hall–Kier alpha value is -0.0800. The third-order valence-electron chi connectivity index (χ3n) is 3.07. The molecule has 15 heavy (non-hydrogen) atoms. The summed E-state index contributed by atoms with van der Waals surface area (Å²) in [5.74, 6) is 1.46. The summed E-state index contributed by atoms with van der Waals surface area (Å²) in [7, 11) is 0. The number of rotatable bonds is 8. The highest BCUT2D eigenvalue weighted by Crippen LogP contribution is 2.11. The first-order valence-electron chi connectivity index (χ1n) is 6.45. The van der Waals surface area contributed by atoms with Gasteiger partial charge in [0.25, 0.3) is 0 Å². The fourth-order valence-electron chi connectivity index (χ4n) is 1.87. The maximum absolute atomic E-state index is 5.73. The quantitative estimate of drug-likeness (QED) is 0.673. The van der Waals surface area contributed by atoms with Gasteiger partial charge in [0.05, 0.1) is 0 Å². The van der Waals surface area contributed by atoms with Gasteiger partial charge in [0.2, 0.25) is 0 Å². The van der Waals surface area contributed by atoms with Gasteiger partial charge in [0, 0.05) is 12.6 Å². The van der Waals surface area contributed by atoms with Crippen LogP contribution in [0, 0.1) is 11.8 Å². The smallest absolute Gasteiger partial charge is 0.00387 e. The van der Waals surface area contributed by atoms with Crippen molar-refractivity contribution in [1.29, 1.82) is 0 Å². The van der Waals surface area contributed by atoms with Crippen LogP contribution in [-0.2, 0) is 0 Å². The van der Waals surface area contributed by atoms with Gasteiger partial charge in [-0.1, -0.05) is 27.2 Å². The van der Waals surface area contributed by atoms with Crippen LogP contribution >= 0.6 is 0 Å². The van der Waals surface area contributed by atoms with Crippen LogP contribution < -0.4 is 5.73 Å². The minimum Gasteiger partial charge on any atom is -0.330 e. The summed E-state index contributed by atoms with van der Waals surface area (Å²) < 4.78 is 0. The summed E-state index contributed by atoms with van der Waals surface area (Å²) >= 11 is 0. The van der Waals surface area contributed by atoms with Crippen LogP contribution in [0.5, 0.6) is 0 Å². The molecule has 2 N–H and O–H groups in total. The topological polar surface area (TPSA) is 29.3 Å². The van der Waals surface area contributed by atoms with E-state index in [0.717, 1.165) is 12.5 Å². The third kappa shape index (κ3) is 6.91. The second kappa shape index (κ2) is 8.12. The SMILES string of the molecule is CCC(CN)CCN(CC(C)C)C(C)C. The zero-order valence-electron chi connectivity index (χ0n) is 11.3. The van der Waals surface area contributed by atoms with Crippen molar-refractivity contribution in [2.45, 2.75) is 53.5 Å². The van der Waals surface area contributed by atoms with Gasteiger partial charge >= 0.3 is 0 Å². The molecule has 0 aliphatic rings. The zero-order valence-corrected chi connectivity index (χ0v) is 11.3. The van der Waals surface area contributed by atoms with E-state index in [0.29, 0.717) is 12.0 Å². The number of hydrogen-bond donors (Lipinski definition) is 1. The molecule has 0 amide bonds. The lowest BCUT2D eigenvalue weighted by Crippen LogP contribution is -2.36. The van der Waals surface area contributed by atoms with Crippen molar-refractivity contribution in [3.8, 4) is 0 Å². The molecule has 0 aliphatic heterocycles. The third-order valence-corrected chi connectivity index (χ3v) is 3.07. The minimum atomic E-state index is 0.655. The molecule has 1 atom stereocenters. The summed E-state index contributed by atoms with van der Waals surface area (Å²) in [6.07, 6.45) is 2.46. The molecule has 0 saturated heterocycles. The summed E-state index contributed by atoms with van der Waals surface area (Å²) in [6, 6.07) is 0.655. The molecule has 0 aromatic heterocycles. The molecule has 0 aromatic carbocycles. The average Bonchev–Trinajstić information content (AvgIpc) is 2.16. The average molecular weight is 214 g/mol. The van der Waals surface area contributed by atoms with E-state index in [9.17, 15) is 0 Å². The largest absolute Gasteiger partial charge is 0.330 e. The lowest BCUT2D eigenvalue weighted by molar-refractivity contribution is 0.184. The maximum atomic E-state index is 5.73. The number of nitrogens with zero attached hydrogens (tertiary/aromatic N) is 1. The Labute approximate surface area is 96.2 Å². The predicted octanol–water partition coefficient (Wildman–Crippen LogP) is 2.73. The molecule has 0 aliphatic carbocycles. The van der Waals surface area contributed by atoms with Gasteiger partial charge < -0.3 is 10.6 Å². The second-order valence-corrected chi connectivity index (χ2v) is 5.28. The van der Waals surface area contributed by atoms with E-state index >= 15 is 0 Å². The van der Waals surface area contributed by atoms with Gasteiger partial charge in [0.1, 0.15) is 0 Å². The highest BCUT2D eigenvalue weighted by atomic mass is 15.1. The van der Waals surface area contributed by atoms with Crippen LogP contribution in [0.3, 0.4) is 0 Å². The zero-order chi connectivity index (χ0) is 11.8. The fraction of sp³-hybridized carbons (Fsp3) is 1.00. The Bertz CT molecular complexity index is 139. The van der Waals surface area contributed by atoms with Gasteiger partial charge in [-0.2, -0.15) is 0 Å². The van der Waals surface area contributed by atoms with E-state index in [1.165, 1.54) is 25.9 Å². The molecule has 2 nitrogen and oxygen atoms in total. The second-order valence-electron chi connectivity index (χ2n) is 5.28. The van der Waals surface area contributed by atoms with Crippen LogP contribution in [0.15, 0.2) is 0 Å². The van der Waals surface area contributed by atoms with Gasteiger partial charge in [0.15, 0.2) is 0 Å². The number of hydrogen-bond acceptors (Lipinski definition) is 2. The lowest BCUT2D eigenvalue weighted by atomic mass is 10.0. The predicted molar refractivity (Wildman–Crippen MR) is 69.0 cm³/mol. The van der Waals surface area contributed by atoms with E-state index in [2.05, 4.69) is 39.5 Å². The molecule has 1 unspecified atom stereocenters. The Kier molecular flexibility index (Phi) is 8.07. The number of nitrogens with two attached hydrogens (primary N) is 1. The van der Waals surface area contributed by atoms with Gasteiger partial charge in [-0.25, -0.2) is 0 Å². The van der Waals surface area contributed by atoms with E-state index in [1.54, 1.807) is 0 Å². The van der Waals surface area contributed by atoms with Crippen LogP contribution in [0.2, 0.25) is 0 Å². The molecular formula is C13H30N2. The first kappa shape index (κ1) is 14.9. The molecule has 0 rings (SSSR count). The first-order valence-corrected chi connectivity index (χ1v) is 6.45. The van der Waals surface area contributed by atoms with E-state index in [4.69, 9.17) is 5.73 Å². The molecule has 0 bridgehead atoms. The van der Waals surface area contributed by atoms with Gasteiger partial charge in [-0.3, -0.25) is 0 Å². The monoisotopic (exact) mass is 214 g/mol. The molecule has 0 saturated carbocycles. The Morgan fingerprint density at radius 3 is 2.07 bits per heavy atom. The lowest BCUT2D eigenvalue weighted by Gasteiger charge is -2.29. The van der Waals surface area contributed by atoms with Crippen LogP contribution in [-0.4, -0.2) is 30.6 Å². The van der Waals surface area contributed by atoms with Gasteiger partial charge in [-0.05, 0) is 45.2 Å². The van der Waals surface area contributed by atoms with Crippen molar-refractivity contribution in [1.82, 2.24) is 4.90 Å². The van der Waals surface area contributed by atoms with Crippen molar-refractivity contribution < 1.29 is 0 Å². The standard InChI is InChI=1S/C13H30N2/c1-6-13(9-14)7-8-15(12(4)5)10-11(2)3/h11-13H,6-10,14H2,1-5H3. The summed E-state index contributed by atoms with van der Waals surface area (Å²) in [5, 5.41) is 0. The van der Waals surface area contributed by atoms with Crippen LogP contribution in [0.25, 0.3) is 0 Å². The molecule has 0 spiro atoms. The van der Waals surface area contributed by atoms with Crippen LogP contribution in [0.4, 0.5) is 0 Å². The molecule has 92 valence electrons. The molecule has 2 heteroatoms. The highest BCUT2D eigenvalue weighted by molar-refractivity contribution is 4.68. The summed E-state index contributed by atoms with van der Waals surface area (Å²) in [5.41, 5.74) is 5.73. The van der Waals surface area contributed by atoms with Crippen molar-refractivity contribution >= 4 is 0 Å². The van der Waals surface area contributed by atoms with Crippen molar-refractivity contribution in [2.75, 3.05) is 19.6 Å². The van der Waals surface area contributed by atoms with Crippen molar-refractivity contribution in [3.05, 3.63) is 0 Å². The van der Waals surface area contributed by atoms with Crippen molar-refractivity contribution in [3.63, 3.8) is 0 Å². The van der Waals surface area contributed by atoms with Crippen molar-refractivity contribution in [2.24, 2.45) is 17.6 Å². The molecule has 0 aromatic rings. The van der Waals surface area contributed by atoms with E-state index in [-0.39, 0.29) is 0 Å². The first-order chi connectivity index (χ1) is 7.01. The molecule has 0 radical (unpaired) electrons. The van der Waals surface area contributed by atoms with Gasteiger partial charge in [-0.15, -0.1) is 0 Å². The molecule has 0 fully saturated rings. The molecule has 0 heterocycles. The maximum Gasteiger partial charge on any atom is 0.00387 e. The fourth-order valence-corrected chi connectivity index (χ4v) is 1.87. The van der Waals surface area contributed by atoms with E-state index in [1.807, 2.05) is 0 Å². The Balaban J connectivity index is 3.94. The summed E-state index contributed by atoms with van der Waals surface area (Å²) in [4.78, 5) is 2.57.